The van der Waals surface area contributed by atoms with Crippen LogP contribution in [-0.2, 0) is 11.3 Å². The van der Waals surface area contributed by atoms with E-state index in [9.17, 15) is 4.79 Å². The van der Waals surface area contributed by atoms with Crippen molar-refractivity contribution in [3.05, 3.63) is 82.9 Å². The summed E-state index contributed by atoms with van der Waals surface area (Å²) in [5.74, 6) is -0.114. The molecule has 1 atom stereocenters. The number of anilines is 1. The second kappa shape index (κ2) is 11.3. The number of carbonyl (C=O) groups excluding carboxylic acids is 1. The number of rotatable bonds is 7. The summed E-state index contributed by atoms with van der Waals surface area (Å²) in [6, 6.07) is 22.4. The van der Waals surface area contributed by atoms with Crippen molar-refractivity contribution in [2.24, 2.45) is 0 Å². The summed E-state index contributed by atoms with van der Waals surface area (Å²) in [6.07, 6.45) is 0. The number of hydrogen-bond donors (Lipinski definition) is 1. The number of imidazole rings is 1. The van der Waals surface area contributed by atoms with Crippen LogP contribution in [0.15, 0.2) is 71.9 Å². The summed E-state index contributed by atoms with van der Waals surface area (Å²) in [5.41, 5.74) is 5.93. The van der Waals surface area contributed by atoms with E-state index in [4.69, 9.17) is 16.6 Å². The molecule has 3 aromatic carbocycles. The van der Waals surface area contributed by atoms with Crippen molar-refractivity contribution in [2.75, 3.05) is 38.5 Å². The fourth-order valence-electron chi connectivity index (χ4n) is 4.51. The lowest BCUT2D eigenvalue weighted by atomic mass is 10.1. The maximum Gasteiger partial charge on any atom is 0.237 e. The number of aromatic nitrogens is 2. The molecule has 0 saturated carbocycles. The molecule has 0 aliphatic carbocycles. The van der Waals surface area contributed by atoms with Gasteiger partial charge in [-0.1, -0.05) is 53.7 Å². The number of hydrogen-bond acceptors (Lipinski definition) is 5. The molecule has 8 heteroatoms. The van der Waals surface area contributed by atoms with Crippen LogP contribution >= 0.6 is 23.4 Å². The van der Waals surface area contributed by atoms with Gasteiger partial charge in [0.15, 0.2) is 5.16 Å². The molecule has 1 N–H and O–H groups in total. The Morgan fingerprint density at radius 2 is 1.78 bits per heavy atom. The Balaban J connectivity index is 1.36. The van der Waals surface area contributed by atoms with Gasteiger partial charge < -0.3 is 10.2 Å². The van der Waals surface area contributed by atoms with Gasteiger partial charge in [-0.15, -0.1) is 0 Å². The van der Waals surface area contributed by atoms with E-state index in [1.54, 1.807) is 0 Å². The van der Waals surface area contributed by atoms with Gasteiger partial charge >= 0.3 is 0 Å². The number of nitrogens with zero attached hydrogens (tertiary/aromatic N) is 4. The van der Waals surface area contributed by atoms with Gasteiger partial charge in [-0.25, -0.2) is 4.98 Å². The SMILES string of the molecule is Cc1ccc(NC(=O)C(C)Sc2nc3ccccc3n2-c2ccc(CN3CCN(C)CC3)cc2)c(Cl)c1. The van der Waals surface area contributed by atoms with Crippen LogP contribution in [0.1, 0.15) is 18.1 Å². The van der Waals surface area contributed by atoms with E-state index in [1.165, 1.54) is 17.3 Å². The number of para-hydroxylation sites is 2. The highest BCUT2D eigenvalue weighted by Gasteiger charge is 2.21. The minimum atomic E-state index is -0.371. The molecule has 1 aliphatic rings. The summed E-state index contributed by atoms with van der Waals surface area (Å²) in [6.45, 7) is 9.24. The number of likely N-dealkylation sites (N-methyl/N-ethyl adjacent to an activating group) is 1. The molecule has 0 radical (unpaired) electrons. The summed E-state index contributed by atoms with van der Waals surface area (Å²) in [5, 5.41) is 3.91. The van der Waals surface area contributed by atoms with E-state index in [0.717, 1.165) is 60.2 Å². The Kier molecular flexibility index (Phi) is 7.86. The molecule has 6 nitrogen and oxygen atoms in total. The Bertz CT molecular complexity index is 1400. The van der Waals surface area contributed by atoms with Crippen molar-refractivity contribution in [2.45, 2.75) is 30.8 Å². The third-order valence-electron chi connectivity index (χ3n) is 6.76. The maximum atomic E-state index is 13.0. The number of thioether (sulfide) groups is 1. The number of piperazine rings is 1. The molecule has 5 rings (SSSR count). The molecule has 1 amide bonds. The van der Waals surface area contributed by atoms with Crippen molar-refractivity contribution >= 4 is 46.0 Å². The van der Waals surface area contributed by atoms with Crippen LogP contribution in [0, 0.1) is 6.92 Å². The molecule has 4 aromatic rings. The van der Waals surface area contributed by atoms with Crippen molar-refractivity contribution in [1.29, 1.82) is 0 Å². The first-order valence-corrected chi connectivity index (χ1v) is 13.8. The van der Waals surface area contributed by atoms with Crippen molar-refractivity contribution in [1.82, 2.24) is 19.4 Å². The van der Waals surface area contributed by atoms with Gasteiger partial charge in [-0.05, 0) is 68.4 Å². The Morgan fingerprint density at radius 1 is 1.05 bits per heavy atom. The largest absolute Gasteiger partial charge is 0.324 e. The average Bonchev–Trinajstić information content (AvgIpc) is 3.25. The van der Waals surface area contributed by atoms with Gasteiger partial charge in [0.25, 0.3) is 0 Å². The summed E-state index contributed by atoms with van der Waals surface area (Å²) < 4.78 is 2.14. The molecule has 0 bridgehead atoms. The number of amides is 1. The second-order valence-electron chi connectivity index (χ2n) is 9.70. The number of benzene rings is 3. The van der Waals surface area contributed by atoms with Gasteiger partial charge in [0.2, 0.25) is 5.91 Å². The molecule has 2 heterocycles. The highest BCUT2D eigenvalue weighted by molar-refractivity contribution is 8.00. The number of halogens is 1. The van der Waals surface area contributed by atoms with E-state index in [2.05, 4.69) is 57.1 Å². The van der Waals surface area contributed by atoms with E-state index in [0.29, 0.717) is 10.7 Å². The number of aryl methyl sites for hydroxylation is 1. The summed E-state index contributed by atoms with van der Waals surface area (Å²) in [7, 11) is 2.18. The van der Waals surface area contributed by atoms with Gasteiger partial charge in [0, 0.05) is 38.4 Å². The number of fused-ring (bicyclic) bond motifs is 1. The lowest BCUT2D eigenvalue weighted by molar-refractivity contribution is -0.115. The fourth-order valence-corrected chi connectivity index (χ4v) is 5.74. The molecule has 192 valence electrons. The van der Waals surface area contributed by atoms with Gasteiger partial charge in [-0.3, -0.25) is 14.3 Å². The van der Waals surface area contributed by atoms with Gasteiger partial charge in [0.1, 0.15) is 0 Å². The standard InChI is InChI=1S/C29H32ClN5OS/c1-20-8-13-25(24(30)18-20)31-28(36)21(2)37-29-32-26-6-4-5-7-27(26)35(29)23-11-9-22(10-12-23)19-34-16-14-33(3)15-17-34/h4-13,18,21H,14-17,19H2,1-3H3,(H,31,36). The van der Waals surface area contributed by atoms with Crippen LogP contribution in [0.5, 0.6) is 0 Å². The third kappa shape index (κ3) is 6.02. The normalized spacial score (nSPS) is 15.7. The van der Waals surface area contributed by atoms with Crippen LogP contribution < -0.4 is 5.32 Å². The lowest BCUT2D eigenvalue weighted by Gasteiger charge is -2.32. The summed E-state index contributed by atoms with van der Waals surface area (Å²) >= 11 is 7.78. The molecular formula is C29H32ClN5OS. The maximum absolute atomic E-state index is 13.0. The van der Waals surface area contributed by atoms with Gasteiger partial charge in [0.05, 0.1) is 27.0 Å². The minimum Gasteiger partial charge on any atom is -0.324 e. The smallest absolute Gasteiger partial charge is 0.237 e. The molecule has 0 spiro atoms. The molecule has 1 saturated heterocycles. The van der Waals surface area contributed by atoms with Crippen molar-refractivity contribution < 1.29 is 4.79 Å². The highest BCUT2D eigenvalue weighted by Crippen LogP contribution is 2.32. The van der Waals surface area contributed by atoms with Crippen LogP contribution in [0.25, 0.3) is 16.7 Å². The Hall–Kier alpha value is -2.84. The van der Waals surface area contributed by atoms with E-state index < -0.39 is 0 Å². The lowest BCUT2D eigenvalue weighted by Crippen LogP contribution is -2.43. The predicted octanol–water partition coefficient (Wildman–Crippen LogP) is 5.85. The fraction of sp³-hybridized carbons (Fsp3) is 0.310. The third-order valence-corrected chi connectivity index (χ3v) is 8.13. The first-order chi connectivity index (χ1) is 17.9. The zero-order valence-electron chi connectivity index (χ0n) is 21.4. The molecule has 37 heavy (non-hydrogen) atoms. The first-order valence-electron chi connectivity index (χ1n) is 12.6. The van der Waals surface area contributed by atoms with Crippen molar-refractivity contribution in [3.63, 3.8) is 0 Å². The minimum absolute atomic E-state index is 0.114. The molecule has 1 unspecified atom stereocenters. The second-order valence-corrected chi connectivity index (χ2v) is 11.4. The van der Waals surface area contributed by atoms with Gasteiger partial charge in [-0.2, -0.15) is 0 Å². The zero-order valence-corrected chi connectivity index (χ0v) is 23.0. The van der Waals surface area contributed by atoms with Crippen LogP contribution in [0.4, 0.5) is 5.69 Å². The van der Waals surface area contributed by atoms with E-state index >= 15 is 0 Å². The van der Waals surface area contributed by atoms with E-state index in [1.807, 2.05) is 50.2 Å². The predicted molar refractivity (Wildman–Crippen MR) is 154 cm³/mol. The molecule has 1 fully saturated rings. The molecule has 1 aliphatic heterocycles. The molecular weight excluding hydrogens is 502 g/mol. The van der Waals surface area contributed by atoms with Crippen LogP contribution in [-0.4, -0.2) is 63.7 Å². The zero-order chi connectivity index (χ0) is 25.9. The highest BCUT2D eigenvalue weighted by atomic mass is 35.5. The first kappa shape index (κ1) is 25.8. The molecule has 1 aromatic heterocycles. The monoisotopic (exact) mass is 533 g/mol. The Labute approximate surface area is 227 Å². The van der Waals surface area contributed by atoms with Crippen LogP contribution in [0.3, 0.4) is 0 Å². The number of nitrogens with one attached hydrogen (secondary N) is 1. The average molecular weight is 534 g/mol. The van der Waals surface area contributed by atoms with Crippen LogP contribution in [0.2, 0.25) is 5.02 Å². The van der Waals surface area contributed by atoms with Crippen molar-refractivity contribution in [3.8, 4) is 5.69 Å². The summed E-state index contributed by atoms with van der Waals surface area (Å²) in [4.78, 5) is 22.8. The topological polar surface area (TPSA) is 53.4 Å². The number of carbonyl (C=O) groups is 1. The van der Waals surface area contributed by atoms with E-state index in [-0.39, 0.29) is 11.2 Å². The quantitative estimate of drug-likeness (QED) is 0.302. The Morgan fingerprint density at radius 3 is 2.51 bits per heavy atom.